The van der Waals surface area contributed by atoms with E-state index >= 15 is 0 Å². The van der Waals surface area contributed by atoms with Crippen molar-refractivity contribution in [2.75, 3.05) is 20.1 Å². The van der Waals surface area contributed by atoms with Gasteiger partial charge in [-0.3, -0.25) is 0 Å². The molecule has 0 heterocycles. The van der Waals surface area contributed by atoms with Gasteiger partial charge in [-0.1, -0.05) is 54.1 Å². The molecule has 2 rings (SSSR count). The summed E-state index contributed by atoms with van der Waals surface area (Å²) in [4.78, 5) is 2.30. The van der Waals surface area contributed by atoms with E-state index in [-0.39, 0.29) is 0 Å². The quantitative estimate of drug-likeness (QED) is 0.784. The van der Waals surface area contributed by atoms with Gasteiger partial charge < -0.3 is 10.2 Å². The lowest BCUT2D eigenvalue weighted by molar-refractivity contribution is 0.324. The predicted octanol–water partition coefficient (Wildman–Crippen LogP) is 3.56. The van der Waals surface area contributed by atoms with Gasteiger partial charge in [-0.05, 0) is 30.3 Å². The molecule has 0 saturated heterocycles. The lowest BCUT2D eigenvalue weighted by Crippen LogP contribution is -2.28. The zero-order valence-corrected chi connectivity index (χ0v) is 12.6. The largest absolute Gasteiger partial charge is 0.311 e. The zero-order valence-electron chi connectivity index (χ0n) is 11.8. The zero-order chi connectivity index (χ0) is 14.2. The van der Waals surface area contributed by atoms with Crippen molar-refractivity contribution in [3.63, 3.8) is 0 Å². The highest BCUT2D eigenvalue weighted by atomic mass is 35.5. The van der Waals surface area contributed by atoms with Crippen LogP contribution in [0.5, 0.6) is 0 Å². The van der Waals surface area contributed by atoms with E-state index in [4.69, 9.17) is 11.6 Å². The SMILES string of the molecule is CN(CCNCc1ccccc1)Cc1cccc(Cl)c1. The van der Waals surface area contributed by atoms with Crippen LogP contribution in [0.4, 0.5) is 0 Å². The monoisotopic (exact) mass is 288 g/mol. The molecule has 3 heteroatoms. The van der Waals surface area contributed by atoms with Crippen LogP contribution in [0.1, 0.15) is 11.1 Å². The molecule has 0 aliphatic rings. The van der Waals surface area contributed by atoms with Crippen LogP contribution >= 0.6 is 11.6 Å². The first-order chi connectivity index (χ1) is 9.74. The fourth-order valence-electron chi connectivity index (χ4n) is 2.12. The second-order valence-electron chi connectivity index (χ2n) is 5.03. The van der Waals surface area contributed by atoms with Crippen LogP contribution < -0.4 is 5.32 Å². The molecule has 106 valence electrons. The van der Waals surface area contributed by atoms with Crippen LogP contribution in [0.3, 0.4) is 0 Å². The second kappa shape index (κ2) is 8.05. The van der Waals surface area contributed by atoms with E-state index in [1.807, 2.05) is 24.3 Å². The Balaban J connectivity index is 1.66. The molecule has 0 radical (unpaired) electrons. The van der Waals surface area contributed by atoms with Gasteiger partial charge in [-0.25, -0.2) is 0 Å². The summed E-state index contributed by atoms with van der Waals surface area (Å²) < 4.78 is 0. The van der Waals surface area contributed by atoms with Crippen LogP contribution in [-0.2, 0) is 13.1 Å². The number of nitrogens with zero attached hydrogens (tertiary/aromatic N) is 1. The van der Waals surface area contributed by atoms with Gasteiger partial charge in [0.1, 0.15) is 0 Å². The molecule has 0 unspecified atom stereocenters. The molecule has 2 aromatic carbocycles. The Hall–Kier alpha value is -1.35. The molecule has 1 N–H and O–H groups in total. The van der Waals surface area contributed by atoms with Crippen molar-refractivity contribution in [1.82, 2.24) is 10.2 Å². The number of likely N-dealkylation sites (N-methyl/N-ethyl adjacent to an activating group) is 1. The number of hydrogen-bond acceptors (Lipinski definition) is 2. The summed E-state index contributed by atoms with van der Waals surface area (Å²) in [7, 11) is 2.13. The van der Waals surface area contributed by atoms with E-state index < -0.39 is 0 Å². The molecule has 0 fully saturated rings. The molecule has 0 amide bonds. The lowest BCUT2D eigenvalue weighted by Gasteiger charge is -2.17. The lowest BCUT2D eigenvalue weighted by atomic mass is 10.2. The summed E-state index contributed by atoms with van der Waals surface area (Å²) in [5, 5.41) is 4.27. The smallest absolute Gasteiger partial charge is 0.0409 e. The first-order valence-electron chi connectivity index (χ1n) is 6.91. The molecule has 0 atom stereocenters. The molecule has 0 saturated carbocycles. The Morgan fingerprint density at radius 3 is 2.50 bits per heavy atom. The minimum Gasteiger partial charge on any atom is -0.311 e. The molecule has 2 nitrogen and oxygen atoms in total. The third-order valence-corrected chi connectivity index (χ3v) is 3.42. The summed E-state index contributed by atoms with van der Waals surface area (Å²) in [6.07, 6.45) is 0. The molecule has 2 aromatic rings. The van der Waals surface area contributed by atoms with Crippen LogP contribution in [0.15, 0.2) is 54.6 Å². The Morgan fingerprint density at radius 2 is 1.75 bits per heavy atom. The van der Waals surface area contributed by atoms with E-state index in [1.165, 1.54) is 11.1 Å². The Bertz CT molecular complexity index is 513. The normalized spacial score (nSPS) is 10.9. The van der Waals surface area contributed by atoms with E-state index in [0.717, 1.165) is 31.2 Å². The van der Waals surface area contributed by atoms with Gasteiger partial charge in [0.15, 0.2) is 0 Å². The first-order valence-corrected chi connectivity index (χ1v) is 7.29. The fourth-order valence-corrected chi connectivity index (χ4v) is 2.34. The van der Waals surface area contributed by atoms with Crippen molar-refractivity contribution in [2.45, 2.75) is 13.1 Å². The highest BCUT2D eigenvalue weighted by Crippen LogP contribution is 2.11. The molecule has 0 aliphatic heterocycles. The van der Waals surface area contributed by atoms with Gasteiger partial charge in [-0.15, -0.1) is 0 Å². The van der Waals surface area contributed by atoms with E-state index in [9.17, 15) is 0 Å². The van der Waals surface area contributed by atoms with Gasteiger partial charge in [0, 0.05) is 31.2 Å². The van der Waals surface area contributed by atoms with E-state index in [1.54, 1.807) is 0 Å². The average molecular weight is 289 g/mol. The molecule has 0 aromatic heterocycles. The van der Waals surface area contributed by atoms with Crippen molar-refractivity contribution in [3.8, 4) is 0 Å². The third-order valence-electron chi connectivity index (χ3n) is 3.18. The third kappa shape index (κ3) is 5.33. The summed E-state index contributed by atoms with van der Waals surface area (Å²) >= 11 is 5.99. The topological polar surface area (TPSA) is 15.3 Å². The average Bonchev–Trinajstić information content (AvgIpc) is 2.45. The van der Waals surface area contributed by atoms with Crippen LogP contribution in [-0.4, -0.2) is 25.0 Å². The predicted molar refractivity (Wildman–Crippen MR) is 85.9 cm³/mol. The van der Waals surface area contributed by atoms with Gasteiger partial charge in [0.05, 0.1) is 0 Å². The Morgan fingerprint density at radius 1 is 1.00 bits per heavy atom. The van der Waals surface area contributed by atoms with Crippen molar-refractivity contribution >= 4 is 11.6 Å². The van der Waals surface area contributed by atoms with Gasteiger partial charge in [-0.2, -0.15) is 0 Å². The van der Waals surface area contributed by atoms with Crippen molar-refractivity contribution in [2.24, 2.45) is 0 Å². The summed E-state index contributed by atoms with van der Waals surface area (Å²) in [5.41, 5.74) is 2.58. The molecular weight excluding hydrogens is 268 g/mol. The van der Waals surface area contributed by atoms with Crippen LogP contribution in [0.2, 0.25) is 5.02 Å². The maximum atomic E-state index is 5.99. The Labute approximate surface area is 126 Å². The van der Waals surface area contributed by atoms with E-state index in [2.05, 4.69) is 47.6 Å². The van der Waals surface area contributed by atoms with Gasteiger partial charge in [0.2, 0.25) is 0 Å². The van der Waals surface area contributed by atoms with Crippen LogP contribution in [0.25, 0.3) is 0 Å². The van der Waals surface area contributed by atoms with Crippen molar-refractivity contribution in [1.29, 1.82) is 0 Å². The standard InChI is InChI=1S/C17H21ClN2/c1-20(14-16-8-5-9-17(18)12-16)11-10-19-13-15-6-3-2-4-7-15/h2-9,12,19H,10-11,13-14H2,1H3. The highest BCUT2D eigenvalue weighted by molar-refractivity contribution is 6.30. The number of benzene rings is 2. The number of nitrogens with one attached hydrogen (secondary N) is 1. The van der Waals surface area contributed by atoms with Crippen molar-refractivity contribution < 1.29 is 0 Å². The molecule has 0 spiro atoms. The van der Waals surface area contributed by atoms with E-state index in [0.29, 0.717) is 0 Å². The summed E-state index contributed by atoms with van der Waals surface area (Å²) in [5.74, 6) is 0. The van der Waals surface area contributed by atoms with Gasteiger partial charge >= 0.3 is 0 Å². The number of halogens is 1. The van der Waals surface area contributed by atoms with Gasteiger partial charge in [0.25, 0.3) is 0 Å². The maximum absolute atomic E-state index is 5.99. The maximum Gasteiger partial charge on any atom is 0.0409 e. The summed E-state index contributed by atoms with van der Waals surface area (Å²) in [6.45, 7) is 3.84. The highest BCUT2D eigenvalue weighted by Gasteiger charge is 2.00. The molecule has 0 aliphatic carbocycles. The molecular formula is C17H21ClN2. The molecule has 0 bridgehead atoms. The minimum atomic E-state index is 0.804. The fraction of sp³-hybridized carbons (Fsp3) is 0.294. The first kappa shape index (κ1) is 15.0. The molecule has 20 heavy (non-hydrogen) atoms. The van der Waals surface area contributed by atoms with Crippen molar-refractivity contribution in [3.05, 3.63) is 70.7 Å². The van der Waals surface area contributed by atoms with Crippen LogP contribution in [0, 0.1) is 0 Å². The minimum absolute atomic E-state index is 0.804. The summed E-state index contributed by atoms with van der Waals surface area (Å²) in [6, 6.07) is 18.5. The Kier molecular flexibility index (Phi) is 6.06. The second-order valence-corrected chi connectivity index (χ2v) is 5.47. The number of hydrogen-bond donors (Lipinski definition) is 1. The number of rotatable bonds is 7.